The van der Waals surface area contributed by atoms with Gasteiger partial charge in [0.25, 0.3) is 0 Å². The van der Waals surface area contributed by atoms with Crippen molar-refractivity contribution in [1.29, 1.82) is 0 Å². The first kappa shape index (κ1) is 13.8. The van der Waals surface area contributed by atoms with Crippen molar-refractivity contribution in [3.63, 3.8) is 0 Å². The van der Waals surface area contributed by atoms with Gasteiger partial charge in [-0.25, -0.2) is 0 Å². The van der Waals surface area contributed by atoms with E-state index in [1.165, 1.54) is 38.8 Å². The van der Waals surface area contributed by atoms with Gasteiger partial charge < -0.3 is 16.0 Å². The molecule has 4 nitrogen and oxygen atoms in total. The fourth-order valence-electron chi connectivity index (χ4n) is 3.10. The molecule has 2 rings (SSSR count). The highest BCUT2D eigenvalue weighted by Crippen LogP contribution is 2.25. The number of nitrogens with two attached hydrogens (primary N) is 1. The van der Waals surface area contributed by atoms with E-state index >= 15 is 0 Å². The monoisotopic (exact) mass is 253 g/mol. The average Bonchev–Trinajstić information content (AvgIpc) is 2.41. The zero-order valence-electron chi connectivity index (χ0n) is 11.4. The molecule has 0 aromatic rings. The molecule has 4 heteroatoms. The maximum Gasteiger partial charge on any atom is 0.240 e. The van der Waals surface area contributed by atoms with Gasteiger partial charge in [0.2, 0.25) is 5.91 Å². The standard InChI is InChI=1S/C14H27N3O/c15-14(7-3-1-4-8-14)13(18)16-9-12-17-10-5-2-6-11-17/h1-12,15H2,(H,16,18). The van der Waals surface area contributed by atoms with Gasteiger partial charge in [0.05, 0.1) is 5.54 Å². The van der Waals surface area contributed by atoms with E-state index in [0.717, 1.165) is 38.8 Å². The second-order valence-electron chi connectivity index (χ2n) is 5.88. The van der Waals surface area contributed by atoms with E-state index in [-0.39, 0.29) is 5.91 Å². The molecule has 18 heavy (non-hydrogen) atoms. The Morgan fingerprint density at radius 1 is 1.06 bits per heavy atom. The van der Waals surface area contributed by atoms with Crippen molar-refractivity contribution in [2.24, 2.45) is 5.73 Å². The molecule has 0 bridgehead atoms. The molecule has 2 fully saturated rings. The van der Waals surface area contributed by atoms with Crippen LogP contribution in [0, 0.1) is 0 Å². The van der Waals surface area contributed by atoms with Crippen molar-refractivity contribution in [2.45, 2.75) is 56.9 Å². The van der Waals surface area contributed by atoms with Crippen LogP contribution in [-0.4, -0.2) is 42.5 Å². The van der Waals surface area contributed by atoms with Gasteiger partial charge in [0, 0.05) is 13.1 Å². The third-order valence-electron chi connectivity index (χ3n) is 4.36. The zero-order valence-corrected chi connectivity index (χ0v) is 11.4. The molecule has 104 valence electrons. The van der Waals surface area contributed by atoms with Crippen LogP contribution in [0.2, 0.25) is 0 Å². The van der Waals surface area contributed by atoms with Gasteiger partial charge in [0.1, 0.15) is 0 Å². The zero-order chi connectivity index (χ0) is 12.8. The van der Waals surface area contributed by atoms with Crippen molar-refractivity contribution in [3.8, 4) is 0 Å². The first-order valence-corrected chi connectivity index (χ1v) is 7.50. The Balaban J connectivity index is 1.67. The van der Waals surface area contributed by atoms with E-state index < -0.39 is 5.54 Å². The molecule has 1 heterocycles. The minimum Gasteiger partial charge on any atom is -0.353 e. The van der Waals surface area contributed by atoms with E-state index in [9.17, 15) is 4.79 Å². The van der Waals surface area contributed by atoms with Gasteiger partial charge in [0.15, 0.2) is 0 Å². The van der Waals surface area contributed by atoms with Crippen molar-refractivity contribution >= 4 is 5.91 Å². The second kappa shape index (κ2) is 6.53. The summed E-state index contributed by atoms with van der Waals surface area (Å²) < 4.78 is 0. The molecule has 0 unspecified atom stereocenters. The molecule has 0 spiro atoms. The van der Waals surface area contributed by atoms with Crippen LogP contribution in [0.15, 0.2) is 0 Å². The molecular weight excluding hydrogens is 226 g/mol. The molecule has 0 aromatic heterocycles. The lowest BCUT2D eigenvalue weighted by Gasteiger charge is -2.32. The summed E-state index contributed by atoms with van der Waals surface area (Å²) in [6.45, 7) is 4.09. The van der Waals surface area contributed by atoms with Crippen molar-refractivity contribution in [3.05, 3.63) is 0 Å². The van der Waals surface area contributed by atoms with Crippen LogP contribution < -0.4 is 11.1 Å². The van der Waals surface area contributed by atoms with Crippen molar-refractivity contribution in [1.82, 2.24) is 10.2 Å². The SMILES string of the molecule is NC1(C(=O)NCCN2CCCCC2)CCCCC1. The summed E-state index contributed by atoms with van der Waals surface area (Å²) in [5.74, 6) is 0.0687. The van der Waals surface area contributed by atoms with Crippen LogP contribution >= 0.6 is 0 Å². The lowest BCUT2D eigenvalue weighted by molar-refractivity contribution is -0.127. The maximum absolute atomic E-state index is 12.1. The predicted octanol–water partition coefficient (Wildman–Crippen LogP) is 1.25. The predicted molar refractivity (Wildman–Crippen MR) is 73.3 cm³/mol. The highest BCUT2D eigenvalue weighted by Gasteiger charge is 2.34. The van der Waals surface area contributed by atoms with E-state index in [0.29, 0.717) is 0 Å². The average molecular weight is 253 g/mol. The molecule has 1 amide bonds. The normalized spacial score (nSPS) is 24.7. The third-order valence-corrected chi connectivity index (χ3v) is 4.36. The smallest absolute Gasteiger partial charge is 0.240 e. The lowest BCUT2D eigenvalue weighted by atomic mass is 9.82. The number of carbonyl (C=O) groups is 1. The number of amides is 1. The van der Waals surface area contributed by atoms with Crippen molar-refractivity contribution in [2.75, 3.05) is 26.2 Å². The molecule has 1 aliphatic heterocycles. The van der Waals surface area contributed by atoms with E-state index in [4.69, 9.17) is 5.73 Å². The number of hydrogen-bond donors (Lipinski definition) is 2. The molecule has 0 aromatic carbocycles. The summed E-state index contributed by atoms with van der Waals surface area (Å²) in [6, 6.07) is 0. The first-order valence-electron chi connectivity index (χ1n) is 7.50. The first-order chi connectivity index (χ1) is 8.71. The maximum atomic E-state index is 12.1. The van der Waals surface area contributed by atoms with Gasteiger partial charge in [-0.05, 0) is 38.8 Å². The quantitative estimate of drug-likeness (QED) is 0.793. The molecule has 1 aliphatic carbocycles. The molecule has 1 saturated carbocycles. The number of rotatable bonds is 4. The number of likely N-dealkylation sites (tertiary alicyclic amines) is 1. The van der Waals surface area contributed by atoms with Crippen LogP contribution in [0.1, 0.15) is 51.4 Å². The Morgan fingerprint density at radius 3 is 2.33 bits per heavy atom. The van der Waals surface area contributed by atoms with Crippen molar-refractivity contribution < 1.29 is 4.79 Å². The summed E-state index contributed by atoms with van der Waals surface area (Å²) in [5.41, 5.74) is 5.61. The van der Waals surface area contributed by atoms with Gasteiger partial charge >= 0.3 is 0 Å². The summed E-state index contributed by atoms with van der Waals surface area (Å²) in [5, 5.41) is 3.03. The van der Waals surface area contributed by atoms with E-state index in [1.54, 1.807) is 0 Å². The molecule has 1 saturated heterocycles. The Bertz CT molecular complexity index is 268. The number of hydrogen-bond acceptors (Lipinski definition) is 3. The van der Waals surface area contributed by atoms with Gasteiger partial charge in [-0.1, -0.05) is 25.7 Å². The van der Waals surface area contributed by atoms with Crippen LogP contribution in [-0.2, 0) is 4.79 Å². The Labute approximate surface area is 110 Å². The number of nitrogens with zero attached hydrogens (tertiary/aromatic N) is 1. The lowest BCUT2D eigenvalue weighted by Crippen LogP contribution is -2.55. The Morgan fingerprint density at radius 2 is 1.67 bits per heavy atom. The largest absolute Gasteiger partial charge is 0.353 e. The van der Waals surface area contributed by atoms with Crippen LogP contribution in [0.25, 0.3) is 0 Å². The van der Waals surface area contributed by atoms with Crippen LogP contribution in [0.4, 0.5) is 0 Å². The molecular formula is C14H27N3O. The number of nitrogens with one attached hydrogen (secondary N) is 1. The van der Waals surface area contributed by atoms with Crippen LogP contribution in [0.3, 0.4) is 0 Å². The summed E-state index contributed by atoms with van der Waals surface area (Å²) in [4.78, 5) is 14.5. The van der Waals surface area contributed by atoms with Crippen LogP contribution in [0.5, 0.6) is 0 Å². The summed E-state index contributed by atoms with van der Waals surface area (Å²) in [7, 11) is 0. The van der Waals surface area contributed by atoms with E-state index in [1.807, 2.05) is 0 Å². The Hall–Kier alpha value is -0.610. The number of piperidine rings is 1. The second-order valence-corrected chi connectivity index (χ2v) is 5.88. The summed E-state index contributed by atoms with van der Waals surface area (Å²) in [6.07, 6.45) is 9.06. The minimum atomic E-state index is -0.583. The van der Waals surface area contributed by atoms with Gasteiger partial charge in [-0.3, -0.25) is 4.79 Å². The van der Waals surface area contributed by atoms with Gasteiger partial charge in [-0.15, -0.1) is 0 Å². The molecule has 2 aliphatic rings. The minimum absolute atomic E-state index is 0.0687. The topological polar surface area (TPSA) is 58.4 Å². The third kappa shape index (κ3) is 3.69. The highest BCUT2D eigenvalue weighted by atomic mass is 16.2. The molecule has 3 N–H and O–H groups in total. The fraction of sp³-hybridized carbons (Fsp3) is 0.929. The number of carbonyl (C=O) groups excluding carboxylic acids is 1. The highest BCUT2D eigenvalue weighted by molar-refractivity contribution is 5.86. The fourth-order valence-corrected chi connectivity index (χ4v) is 3.10. The van der Waals surface area contributed by atoms with E-state index in [2.05, 4.69) is 10.2 Å². The molecule has 0 radical (unpaired) electrons. The summed E-state index contributed by atoms with van der Waals surface area (Å²) >= 11 is 0. The molecule has 0 atom stereocenters. The Kier molecular flexibility index (Phi) is 5.01. The van der Waals surface area contributed by atoms with Gasteiger partial charge in [-0.2, -0.15) is 0 Å².